The van der Waals surface area contributed by atoms with E-state index in [9.17, 15) is 0 Å². The van der Waals surface area contributed by atoms with Gasteiger partial charge in [0.2, 0.25) is 0 Å². The van der Waals surface area contributed by atoms with E-state index in [0.29, 0.717) is 6.54 Å². The molecule has 0 spiro atoms. The number of morpholine rings is 2. The Kier molecular flexibility index (Phi) is 9.20. The Morgan fingerprint density at radius 3 is 2.58 bits per heavy atom. The monoisotopic (exact) mass is 435 g/mol. The number of aliphatic imine (C=N–C) groups is 1. The molecule has 0 saturated carbocycles. The molecule has 3 rings (SSSR count). The predicted octanol–water partition coefficient (Wildman–Crippen LogP) is 0.573. The molecule has 2 aliphatic heterocycles. The van der Waals surface area contributed by atoms with E-state index >= 15 is 0 Å². The van der Waals surface area contributed by atoms with E-state index in [4.69, 9.17) is 18.9 Å². The second-order valence-electron chi connectivity index (χ2n) is 7.87. The third-order valence-electron chi connectivity index (χ3n) is 5.80. The van der Waals surface area contributed by atoms with Gasteiger partial charge in [0.25, 0.3) is 0 Å². The van der Waals surface area contributed by atoms with Gasteiger partial charge < -0.3 is 34.5 Å². The Morgan fingerprint density at radius 2 is 1.90 bits per heavy atom. The summed E-state index contributed by atoms with van der Waals surface area (Å²) in [5.41, 5.74) is 1.17. The highest BCUT2D eigenvalue weighted by Gasteiger charge is 2.24. The van der Waals surface area contributed by atoms with Gasteiger partial charge in [0.1, 0.15) is 0 Å². The minimum atomic E-state index is 0.152. The number of hydrogen-bond donors (Lipinski definition) is 2. The molecule has 1 aromatic rings. The van der Waals surface area contributed by atoms with Crippen LogP contribution in [0.1, 0.15) is 11.6 Å². The SMILES string of the molecule is CN=C(NCC1CN(C)CCO1)NCC(c1ccc(OC)c(OC)c1)N1CCOCC1. The zero-order valence-electron chi connectivity index (χ0n) is 19.2. The standard InChI is InChI=1S/C22H37N5O4/c1-23-22(24-14-18-16-26(2)7-12-31-18)25-15-19(27-8-10-30-11-9-27)17-5-6-20(28-3)21(13-17)29-4/h5-6,13,18-19H,7-12,14-16H2,1-4H3,(H2,23,24,25). The molecule has 2 saturated heterocycles. The van der Waals surface area contributed by atoms with E-state index in [0.717, 1.165) is 70.0 Å². The number of ether oxygens (including phenoxy) is 4. The van der Waals surface area contributed by atoms with Crippen molar-refractivity contribution in [2.75, 3.05) is 87.4 Å². The van der Waals surface area contributed by atoms with Crippen LogP contribution in [-0.4, -0.2) is 109 Å². The van der Waals surface area contributed by atoms with Gasteiger partial charge in [0, 0.05) is 46.3 Å². The van der Waals surface area contributed by atoms with Crippen molar-refractivity contribution in [1.82, 2.24) is 20.4 Å². The maximum atomic E-state index is 5.85. The van der Waals surface area contributed by atoms with E-state index in [-0.39, 0.29) is 12.1 Å². The van der Waals surface area contributed by atoms with Gasteiger partial charge in [-0.2, -0.15) is 0 Å². The minimum absolute atomic E-state index is 0.152. The lowest BCUT2D eigenvalue weighted by atomic mass is 10.0. The summed E-state index contributed by atoms with van der Waals surface area (Å²) in [6.07, 6.45) is 0.165. The van der Waals surface area contributed by atoms with Gasteiger partial charge in [-0.3, -0.25) is 9.89 Å². The van der Waals surface area contributed by atoms with Crippen molar-refractivity contribution in [2.45, 2.75) is 12.1 Å². The molecule has 31 heavy (non-hydrogen) atoms. The molecule has 1 aromatic carbocycles. The van der Waals surface area contributed by atoms with Crippen molar-refractivity contribution < 1.29 is 18.9 Å². The highest BCUT2D eigenvalue weighted by atomic mass is 16.5. The number of methoxy groups -OCH3 is 2. The molecule has 2 atom stereocenters. The van der Waals surface area contributed by atoms with Gasteiger partial charge in [0.05, 0.1) is 46.2 Å². The number of nitrogens with zero attached hydrogens (tertiary/aromatic N) is 3. The van der Waals surface area contributed by atoms with Crippen molar-refractivity contribution in [2.24, 2.45) is 4.99 Å². The average Bonchev–Trinajstić information content (AvgIpc) is 2.81. The first-order chi connectivity index (χ1) is 15.1. The molecule has 2 aliphatic rings. The molecule has 2 N–H and O–H groups in total. The van der Waals surface area contributed by atoms with Gasteiger partial charge in [-0.25, -0.2) is 0 Å². The number of nitrogens with one attached hydrogen (secondary N) is 2. The van der Waals surface area contributed by atoms with E-state index < -0.39 is 0 Å². The second-order valence-corrected chi connectivity index (χ2v) is 7.87. The molecule has 0 aliphatic carbocycles. The van der Waals surface area contributed by atoms with Crippen LogP contribution in [0.25, 0.3) is 0 Å². The van der Waals surface area contributed by atoms with Gasteiger partial charge in [-0.1, -0.05) is 6.07 Å². The fourth-order valence-electron chi connectivity index (χ4n) is 4.02. The van der Waals surface area contributed by atoms with Crippen LogP contribution in [0.4, 0.5) is 0 Å². The van der Waals surface area contributed by atoms with Crippen molar-refractivity contribution in [3.63, 3.8) is 0 Å². The molecule has 2 fully saturated rings. The number of benzene rings is 1. The molecule has 2 unspecified atom stereocenters. The quantitative estimate of drug-likeness (QED) is 0.453. The number of rotatable bonds is 8. The topological polar surface area (TPSA) is 79.8 Å². The van der Waals surface area contributed by atoms with Gasteiger partial charge >= 0.3 is 0 Å². The highest BCUT2D eigenvalue weighted by molar-refractivity contribution is 5.79. The summed E-state index contributed by atoms with van der Waals surface area (Å²) in [6.45, 7) is 7.36. The van der Waals surface area contributed by atoms with E-state index in [1.54, 1.807) is 21.3 Å². The summed E-state index contributed by atoms with van der Waals surface area (Å²) in [6, 6.07) is 6.28. The Morgan fingerprint density at radius 1 is 1.13 bits per heavy atom. The van der Waals surface area contributed by atoms with E-state index in [2.05, 4.69) is 44.6 Å². The fourth-order valence-corrected chi connectivity index (χ4v) is 4.02. The maximum Gasteiger partial charge on any atom is 0.191 e. The smallest absolute Gasteiger partial charge is 0.191 e. The molecule has 174 valence electrons. The lowest BCUT2D eigenvalue weighted by molar-refractivity contribution is -0.0161. The first-order valence-corrected chi connectivity index (χ1v) is 10.9. The molecule has 9 nitrogen and oxygen atoms in total. The van der Waals surface area contributed by atoms with Gasteiger partial charge in [-0.05, 0) is 24.7 Å². The van der Waals surface area contributed by atoms with Crippen molar-refractivity contribution in [3.8, 4) is 11.5 Å². The molecule has 0 bridgehead atoms. The molecule has 0 amide bonds. The number of guanidine groups is 1. The van der Waals surface area contributed by atoms with Crippen LogP contribution in [-0.2, 0) is 9.47 Å². The molecule has 0 aromatic heterocycles. The number of likely N-dealkylation sites (N-methyl/N-ethyl adjacent to an activating group) is 1. The summed E-state index contributed by atoms with van der Waals surface area (Å²) >= 11 is 0. The van der Waals surface area contributed by atoms with Crippen LogP contribution in [0.5, 0.6) is 11.5 Å². The Balaban J connectivity index is 1.65. The largest absolute Gasteiger partial charge is 0.493 e. The molecular formula is C22H37N5O4. The summed E-state index contributed by atoms with van der Waals surface area (Å²) < 4.78 is 22.4. The van der Waals surface area contributed by atoms with Crippen LogP contribution >= 0.6 is 0 Å². The summed E-state index contributed by atoms with van der Waals surface area (Å²) in [7, 11) is 7.24. The maximum absolute atomic E-state index is 5.85. The molecule has 2 heterocycles. The van der Waals surface area contributed by atoms with Crippen LogP contribution in [0.3, 0.4) is 0 Å². The molecular weight excluding hydrogens is 398 g/mol. The van der Waals surface area contributed by atoms with Gasteiger partial charge in [0.15, 0.2) is 17.5 Å². The third-order valence-corrected chi connectivity index (χ3v) is 5.80. The zero-order chi connectivity index (χ0) is 22.1. The van der Waals surface area contributed by atoms with Crippen LogP contribution in [0.15, 0.2) is 23.2 Å². The normalized spacial score (nSPS) is 22.1. The zero-order valence-corrected chi connectivity index (χ0v) is 19.2. The minimum Gasteiger partial charge on any atom is -0.493 e. The van der Waals surface area contributed by atoms with Crippen LogP contribution in [0, 0.1) is 0 Å². The first-order valence-electron chi connectivity index (χ1n) is 10.9. The molecule has 0 radical (unpaired) electrons. The molecule has 9 heteroatoms. The predicted molar refractivity (Wildman–Crippen MR) is 121 cm³/mol. The summed E-state index contributed by atoms with van der Waals surface area (Å²) in [5, 5.41) is 6.91. The van der Waals surface area contributed by atoms with E-state index in [1.807, 2.05) is 6.07 Å². The third kappa shape index (κ3) is 6.70. The second kappa shape index (κ2) is 12.1. The Labute approximate surface area is 185 Å². The average molecular weight is 436 g/mol. The van der Waals surface area contributed by atoms with Crippen LogP contribution in [0.2, 0.25) is 0 Å². The number of hydrogen-bond acceptors (Lipinski definition) is 7. The summed E-state index contributed by atoms with van der Waals surface area (Å²) in [4.78, 5) is 9.12. The Hall–Kier alpha value is -2.07. The lowest BCUT2D eigenvalue weighted by Gasteiger charge is -2.35. The first kappa shape index (κ1) is 23.6. The fraction of sp³-hybridized carbons (Fsp3) is 0.682. The Bertz CT molecular complexity index is 711. The van der Waals surface area contributed by atoms with E-state index in [1.165, 1.54) is 5.56 Å². The lowest BCUT2D eigenvalue weighted by Crippen LogP contribution is -2.50. The van der Waals surface area contributed by atoms with Gasteiger partial charge in [-0.15, -0.1) is 0 Å². The van der Waals surface area contributed by atoms with Crippen molar-refractivity contribution in [1.29, 1.82) is 0 Å². The van der Waals surface area contributed by atoms with Crippen LogP contribution < -0.4 is 20.1 Å². The summed E-state index contributed by atoms with van der Waals surface area (Å²) in [5.74, 6) is 2.24. The van der Waals surface area contributed by atoms with Crippen molar-refractivity contribution in [3.05, 3.63) is 23.8 Å². The highest BCUT2D eigenvalue weighted by Crippen LogP contribution is 2.32. The van der Waals surface area contributed by atoms with Crippen molar-refractivity contribution >= 4 is 5.96 Å².